The second-order valence-corrected chi connectivity index (χ2v) is 3.42. The highest BCUT2D eigenvalue weighted by molar-refractivity contribution is 5.89. The fraction of sp³-hybridized carbons (Fsp3) is 0.667. The molecule has 0 N–H and O–H groups in total. The minimum Gasteiger partial charge on any atom is -0.300 e. The summed E-state index contributed by atoms with van der Waals surface area (Å²) in [5.41, 5.74) is 0. The third kappa shape index (κ3) is 7.71. The number of rotatable bonds is 8. The van der Waals surface area contributed by atoms with E-state index in [1.165, 1.54) is 0 Å². The van der Waals surface area contributed by atoms with Gasteiger partial charge in [0.1, 0.15) is 5.78 Å². The highest BCUT2D eigenvalue weighted by Gasteiger charge is 1.99. The van der Waals surface area contributed by atoms with E-state index in [4.69, 9.17) is 0 Å². The molecule has 0 amide bonds. The molecule has 0 aliphatic rings. The Labute approximate surface area is 86.4 Å². The summed E-state index contributed by atoms with van der Waals surface area (Å²) in [6, 6.07) is 0. The molecule has 2 heteroatoms. The van der Waals surface area contributed by atoms with Crippen LogP contribution in [0.2, 0.25) is 0 Å². The number of carbonyl (C=O) groups excluding carboxylic acids is 2. The number of allylic oxidation sites excluding steroid dienone is 2. The smallest absolute Gasteiger partial charge is 0.155 e. The molecule has 0 saturated carbocycles. The first kappa shape index (κ1) is 13.1. The van der Waals surface area contributed by atoms with E-state index < -0.39 is 0 Å². The molecule has 0 heterocycles. The number of Topliss-reactive ketones (excluding diaryl/α,β-unsaturated/α-hetero) is 1. The van der Waals surface area contributed by atoms with Gasteiger partial charge in [0.15, 0.2) is 5.78 Å². The van der Waals surface area contributed by atoms with Crippen LogP contribution in [0, 0.1) is 0 Å². The van der Waals surface area contributed by atoms with Gasteiger partial charge in [-0.05, 0) is 25.8 Å². The van der Waals surface area contributed by atoms with Gasteiger partial charge in [-0.2, -0.15) is 0 Å². The molecule has 0 aromatic carbocycles. The van der Waals surface area contributed by atoms with Crippen molar-refractivity contribution in [2.24, 2.45) is 0 Å². The zero-order chi connectivity index (χ0) is 10.8. The first-order chi connectivity index (χ1) is 6.70. The Morgan fingerprint density at radius 3 is 2.29 bits per heavy atom. The molecule has 0 aromatic heterocycles. The van der Waals surface area contributed by atoms with Crippen LogP contribution in [0.25, 0.3) is 0 Å². The van der Waals surface area contributed by atoms with Crippen LogP contribution in [-0.4, -0.2) is 11.6 Å². The van der Waals surface area contributed by atoms with Gasteiger partial charge in [-0.15, -0.1) is 0 Å². The third-order valence-corrected chi connectivity index (χ3v) is 2.13. The number of hydrogen-bond donors (Lipinski definition) is 0. The third-order valence-electron chi connectivity index (χ3n) is 2.13. The Hall–Kier alpha value is -0.920. The molecule has 14 heavy (non-hydrogen) atoms. The fourth-order valence-corrected chi connectivity index (χ4v) is 1.24. The molecule has 0 radical (unpaired) electrons. The lowest BCUT2D eigenvalue weighted by molar-refractivity contribution is -0.118. The highest BCUT2D eigenvalue weighted by Crippen LogP contribution is 2.05. The Morgan fingerprint density at radius 2 is 1.71 bits per heavy atom. The van der Waals surface area contributed by atoms with Crippen LogP contribution < -0.4 is 0 Å². The summed E-state index contributed by atoms with van der Waals surface area (Å²) in [5, 5.41) is 0. The predicted octanol–water partition coefficient (Wildman–Crippen LogP) is 3.06. The maximum absolute atomic E-state index is 11.0. The minimum absolute atomic E-state index is 0.189. The van der Waals surface area contributed by atoms with Gasteiger partial charge < -0.3 is 0 Å². The van der Waals surface area contributed by atoms with Gasteiger partial charge in [-0.3, -0.25) is 9.59 Å². The van der Waals surface area contributed by atoms with E-state index in [1.54, 1.807) is 12.2 Å². The zero-order valence-electron chi connectivity index (χ0n) is 9.21. The maximum Gasteiger partial charge on any atom is 0.155 e. The first-order valence-electron chi connectivity index (χ1n) is 5.38. The zero-order valence-corrected chi connectivity index (χ0v) is 9.21. The van der Waals surface area contributed by atoms with Crippen LogP contribution in [0.1, 0.15) is 52.4 Å². The molecule has 0 aliphatic carbocycles. The van der Waals surface area contributed by atoms with E-state index in [-0.39, 0.29) is 5.78 Å². The molecule has 80 valence electrons. The van der Waals surface area contributed by atoms with Crippen molar-refractivity contribution in [3.63, 3.8) is 0 Å². The van der Waals surface area contributed by atoms with Crippen molar-refractivity contribution >= 4 is 11.6 Å². The lowest BCUT2D eigenvalue weighted by Gasteiger charge is -1.98. The molecule has 0 atom stereocenters. The lowest BCUT2D eigenvalue weighted by atomic mass is 10.1. The molecule has 0 fully saturated rings. The minimum atomic E-state index is 0.189. The lowest BCUT2D eigenvalue weighted by Crippen LogP contribution is -1.96. The van der Waals surface area contributed by atoms with Gasteiger partial charge in [-0.25, -0.2) is 0 Å². The summed E-state index contributed by atoms with van der Waals surface area (Å²) >= 11 is 0. The number of carbonyl (C=O) groups is 2. The van der Waals surface area contributed by atoms with Gasteiger partial charge in [0.25, 0.3) is 0 Å². The van der Waals surface area contributed by atoms with Crippen molar-refractivity contribution in [2.45, 2.75) is 52.4 Å². The Balaban J connectivity index is 3.29. The summed E-state index contributed by atoms with van der Waals surface area (Å²) in [6.45, 7) is 3.73. The van der Waals surface area contributed by atoms with Crippen molar-refractivity contribution in [3.05, 3.63) is 12.2 Å². The van der Waals surface area contributed by atoms with Crippen LogP contribution in [0.4, 0.5) is 0 Å². The molecule has 0 unspecified atom stereocenters. The van der Waals surface area contributed by atoms with Gasteiger partial charge >= 0.3 is 0 Å². The van der Waals surface area contributed by atoms with Gasteiger partial charge in [0, 0.05) is 19.3 Å². The normalized spacial score (nSPS) is 10.7. The van der Waals surface area contributed by atoms with Crippen LogP contribution >= 0.6 is 0 Å². The van der Waals surface area contributed by atoms with E-state index in [2.05, 4.69) is 0 Å². The van der Waals surface area contributed by atoms with E-state index in [9.17, 15) is 9.59 Å². The molecule has 0 rings (SSSR count). The van der Waals surface area contributed by atoms with Gasteiger partial charge in [-0.1, -0.05) is 19.4 Å². The molecule has 0 aromatic rings. The van der Waals surface area contributed by atoms with Crippen molar-refractivity contribution in [1.29, 1.82) is 0 Å². The molecule has 0 aliphatic heterocycles. The van der Waals surface area contributed by atoms with E-state index in [0.717, 1.165) is 19.3 Å². The van der Waals surface area contributed by atoms with Gasteiger partial charge in [0.2, 0.25) is 0 Å². The summed E-state index contributed by atoms with van der Waals surface area (Å²) < 4.78 is 0. The summed E-state index contributed by atoms with van der Waals surface area (Å²) in [4.78, 5) is 22.0. The summed E-state index contributed by atoms with van der Waals surface area (Å²) in [5.74, 6) is 0.513. The molecular formula is C12H20O2. The first-order valence-corrected chi connectivity index (χ1v) is 5.38. The topological polar surface area (TPSA) is 34.1 Å². The largest absolute Gasteiger partial charge is 0.300 e. The van der Waals surface area contributed by atoms with Crippen molar-refractivity contribution in [1.82, 2.24) is 0 Å². The molecule has 2 nitrogen and oxygen atoms in total. The van der Waals surface area contributed by atoms with Crippen molar-refractivity contribution < 1.29 is 9.59 Å². The Morgan fingerprint density at radius 1 is 1.07 bits per heavy atom. The van der Waals surface area contributed by atoms with E-state index in [1.807, 2.05) is 13.8 Å². The van der Waals surface area contributed by atoms with E-state index >= 15 is 0 Å². The van der Waals surface area contributed by atoms with Crippen molar-refractivity contribution in [3.8, 4) is 0 Å². The van der Waals surface area contributed by atoms with Gasteiger partial charge in [0.05, 0.1) is 0 Å². The number of unbranched alkanes of at least 4 members (excludes halogenated alkanes) is 2. The highest BCUT2D eigenvalue weighted by atomic mass is 16.1. The van der Waals surface area contributed by atoms with Crippen molar-refractivity contribution in [2.75, 3.05) is 0 Å². The second-order valence-electron chi connectivity index (χ2n) is 3.42. The molecular weight excluding hydrogens is 176 g/mol. The molecule has 0 spiro atoms. The quantitative estimate of drug-likeness (QED) is 0.441. The average molecular weight is 196 g/mol. The fourth-order valence-electron chi connectivity index (χ4n) is 1.24. The summed E-state index contributed by atoms with van der Waals surface area (Å²) in [7, 11) is 0. The SMILES string of the molecule is C/C=C\C(=O)CCCCCC(=O)CC. The predicted molar refractivity (Wildman–Crippen MR) is 58.2 cm³/mol. The molecule has 0 saturated heterocycles. The summed E-state index contributed by atoms with van der Waals surface area (Å²) in [6.07, 6.45) is 8.11. The van der Waals surface area contributed by atoms with E-state index in [0.29, 0.717) is 25.0 Å². The van der Waals surface area contributed by atoms with Crippen LogP contribution in [0.3, 0.4) is 0 Å². The monoisotopic (exact) mass is 196 g/mol. The van der Waals surface area contributed by atoms with Crippen LogP contribution in [-0.2, 0) is 9.59 Å². The van der Waals surface area contributed by atoms with Crippen LogP contribution in [0.15, 0.2) is 12.2 Å². The average Bonchev–Trinajstić information content (AvgIpc) is 2.17. The molecule has 0 bridgehead atoms. The Bertz CT molecular complexity index is 204. The Kier molecular flexibility index (Phi) is 8.10. The maximum atomic E-state index is 11.0. The van der Waals surface area contributed by atoms with Crippen LogP contribution in [0.5, 0.6) is 0 Å². The standard InChI is InChI=1S/C12H20O2/c1-3-8-12(14)10-7-5-6-9-11(13)4-2/h3,8H,4-7,9-10H2,1-2H3/b8-3-. The second kappa shape index (κ2) is 8.67. The number of hydrogen-bond acceptors (Lipinski definition) is 2. The number of ketones is 2.